The van der Waals surface area contributed by atoms with Gasteiger partial charge in [-0.2, -0.15) is 5.10 Å². The molecular weight excluding hydrogens is 498 g/mol. The van der Waals surface area contributed by atoms with Gasteiger partial charge in [-0.3, -0.25) is 9.58 Å². The SMILES string of the molecule is CC1=C[C@]23C(O)[C@@H](C=C4COC(C)(C)O[C@H]4[C@]2(O)[C@H]1OC(=O)N(C)c1cc(C)n(C)n1)[C@H]1[C@@H](C[C@H]3C)C1(C)C. The van der Waals surface area contributed by atoms with Gasteiger partial charge in [0.2, 0.25) is 0 Å². The monoisotopic (exact) mass is 541 g/mol. The smallest absolute Gasteiger partial charge is 0.415 e. The summed E-state index contributed by atoms with van der Waals surface area (Å²) in [6.07, 6.45) is 1.60. The molecule has 0 radical (unpaired) electrons. The summed E-state index contributed by atoms with van der Waals surface area (Å²) in [7, 11) is 3.42. The number of aliphatic hydroxyl groups is 2. The van der Waals surface area contributed by atoms with Crippen LogP contribution in [0.4, 0.5) is 10.6 Å². The van der Waals surface area contributed by atoms with Gasteiger partial charge in [-0.25, -0.2) is 4.79 Å². The summed E-state index contributed by atoms with van der Waals surface area (Å²) in [6.45, 7) is 14.4. The lowest BCUT2D eigenvalue weighted by Crippen LogP contribution is -2.69. The number of hydrogen-bond acceptors (Lipinski definition) is 7. The van der Waals surface area contributed by atoms with E-state index in [2.05, 4.69) is 31.9 Å². The summed E-state index contributed by atoms with van der Waals surface area (Å²) in [5.74, 6) is -0.0532. The van der Waals surface area contributed by atoms with Gasteiger partial charge in [-0.1, -0.05) is 32.9 Å². The summed E-state index contributed by atoms with van der Waals surface area (Å²) >= 11 is 0. The zero-order valence-electron chi connectivity index (χ0n) is 24.6. The predicted octanol–water partition coefficient (Wildman–Crippen LogP) is 3.73. The normalized spacial score (nSPS) is 43.1. The number of fused-ring (bicyclic) bond motifs is 5. The fraction of sp³-hybridized carbons (Fsp3) is 0.733. The first-order chi connectivity index (χ1) is 18.1. The zero-order chi connectivity index (χ0) is 28.4. The summed E-state index contributed by atoms with van der Waals surface area (Å²) in [5, 5.41) is 29.9. The molecule has 2 heterocycles. The number of rotatable bonds is 2. The molecule has 1 aliphatic heterocycles. The molecule has 9 heteroatoms. The molecule has 2 bridgehead atoms. The standard InChI is InChI=1S/C30H43N3O6/c1-15-13-29-16(2)10-20-22(27(20,4)5)19(23(29)34)12-18-14-37-28(6,7)39-25(18)30(29,36)24(15)38-26(35)32(8)21-11-17(3)33(9)31-21/h11-13,16,19-20,22-25,34,36H,10,14H2,1-9H3/t16-,19+,20-,22+,23?,24+,25-,29+,30-/m1/s1. The zero-order valence-corrected chi connectivity index (χ0v) is 24.6. The lowest BCUT2D eigenvalue weighted by molar-refractivity contribution is -0.311. The van der Waals surface area contributed by atoms with E-state index in [9.17, 15) is 15.0 Å². The van der Waals surface area contributed by atoms with Crippen LogP contribution in [0.25, 0.3) is 0 Å². The summed E-state index contributed by atoms with van der Waals surface area (Å²) in [5.41, 5.74) is -0.305. The van der Waals surface area contributed by atoms with Gasteiger partial charge in [0.15, 0.2) is 17.7 Å². The second-order valence-electron chi connectivity index (χ2n) is 13.8. The molecule has 4 aliphatic carbocycles. The van der Waals surface area contributed by atoms with Crippen LogP contribution in [0.15, 0.2) is 29.4 Å². The highest BCUT2D eigenvalue weighted by molar-refractivity contribution is 5.86. The van der Waals surface area contributed by atoms with Crippen molar-refractivity contribution in [1.82, 2.24) is 9.78 Å². The largest absolute Gasteiger partial charge is 0.438 e. The molecule has 1 saturated heterocycles. The minimum absolute atomic E-state index is 0.0890. The van der Waals surface area contributed by atoms with Crippen LogP contribution < -0.4 is 4.90 Å². The average Bonchev–Trinajstić information content (AvgIpc) is 3.13. The molecule has 1 aromatic heterocycles. The number of carbonyl (C=O) groups excluding carboxylic acids is 1. The molecule has 5 aliphatic rings. The fourth-order valence-electron chi connectivity index (χ4n) is 8.59. The lowest BCUT2D eigenvalue weighted by Gasteiger charge is -2.55. The van der Waals surface area contributed by atoms with Gasteiger partial charge in [0, 0.05) is 31.8 Å². The maximum absolute atomic E-state index is 13.6. The maximum atomic E-state index is 13.6. The Bertz CT molecular complexity index is 1260. The van der Waals surface area contributed by atoms with E-state index in [1.54, 1.807) is 17.8 Å². The molecule has 2 N–H and O–H groups in total. The number of amides is 1. The van der Waals surface area contributed by atoms with Crippen molar-refractivity contribution < 1.29 is 29.2 Å². The van der Waals surface area contributed by atoms with E-state index in [-0.39, 0.29) is 29.8 Å². The van der Waals surface area contributed by atoms with E-state index in [0.29, 0.717) is 17.3 Å². The Morgan fingerprint density at radius 2 is 1.95 bits per heavy atom. The molecule has 6 rings (SSSR count). The van der Waals surface area contributed by atoms with Gasteiger partial charge in [0.05, 0.1) is 18.1 Å². The highest BCUT2D eigenvalue weighted by Gasteiger charge is 2.77. The summed E-state index contributed by atoms with van der Waals surface area (Å²) in [4.78, 5) is 14.9. The Hall–Kier alpha value is -2.20. The molecular formula is C30H43N3O6. The molecule has 1 unspecified atom stereocenters. The molecule has 1 amide bonds. The van der Waals surface area contributed by atoms with Crippen molar-refractivity contribution in [1.29, 1.82) is 0 Å². The van der Waals surface area contributed by atoms with Crippen LogP contribution in [0, 0.1) is 41.4 Å². The summed E-state index contributed by atoms with van der Waals surface area (Å²) in [6, 6.07) is 1.81. The van der Waals surface area contributed by atoms with Crippen molar-refractivity contribution in [3.63, 3.8) is 0 Å². The number of aromatic nitrogens is 2. The van der Waals surface area contributed by atoms with E-state index >= 15 is 0 Å². The van der Waals surface area contributed by atoms with Crippen molar-refractivity contribution in [3.8, 4) is 0 Å². The first-order valence-corrected chi connectivity index (χ1v) is 14.1. The number of carbonyl (C=O) groups is 1. The van der Waals surface area contributed by atoms with Crippen LogP contribution in [-0.4, -0.2) is 69.4 Å². The van der Waals surface area contributed by atoms with Crippen LogP contribution in [0.1, 0.15) is 53.7 Å². The number of aryl methyl sites for hydroxylation is 2. The Morgan fingerprint density at radius 1 is 1.26 bits per heavy atom. The van der Waals surface area contributed by atoms with Gasteiger partial charge >= 0.3 is 6.09 Å². The van der Waals surface area contributed by atoms with Crippen LogP contribution in [-0.2, 0) is 21.3 Å². The minimum atomic E-state index is -1.74. The van der Waals surface area contributed by atoms with Crippen molar-refractivity contribution in [2.45, 2.75) is 84.6 Å². The molecule has 9 nitrogen and oxygen atoms in total. The highest BCUT2D eigenvalue weighted by atomic mass is 16.7. The number of hydrogen-bond donors (Lipinski definition) is 2. The first kappa shape index (κ1) is 27.0. The van der Waals surface area contributed by atoms with Gasteiger partial charge in [0.25, 0.3) is 0 Å². The van der Waals surface area contributed by atoms with Crippen LogP contribution >= 0.6 is 0 Å². The maximum Gasteiger partial charge on any atom is 0.415 e. The van der Waals surface area contributed by atoms with E-state index < -0.39 is 41.2 Å². The Balaban J connectivity index is 1.46. The second-order valence-corrected chi connectivity index (χ2v) is 13.8. The third-order valence-corrected chi connectivity index (χ3v) is 10.9. The topological polar surface area (TPSA) is 106 Å². The number of nitrogens with zero attached hydrogens (tertiary/aromatic N) is 3. The quantitative estimate of drug-likeness (QED) is 0.550. The van der Waals surface area contributed by atoms with Gasteiger partial charge in [-0.05, 0) is 68.4 Å². The third-order valence-electron chi connectivity index (χ3n) is 10.9. The minimum Gasteiger partial charge on any atom is -0.438 e. The number of aliphatic hydroxyl groups excluding tert-OH is 1. The van der Waals surface area contributed by atoms with Gasteiger partial charge in [0.1, 0.15) is 11.7 Å². The number of anilines is 1. The van der Waals surface area contributed by atoms with E-state index in [1.165, 1.54) is 4.90 Å². The lowest BCUT2D eigenvalue weighted by atomic mass is 9.58. The van der Waals surface area contributed by atoms with Gasteiger partial charge in [-0.15, -0.1) is 0 Å². The van der Waals surface area contributed by atoms with Crippen LogP contribution in [0.3, 0.4) is 0 Å². The Kier molecular flexibility index (Phi) is 5.66. The van der Waals surface area contributed by atoms with Crippen molar-refractivity contribution in [2.24, 2.45) is 41.5 Å². The number of ether oxygens (including phenoxy) is 3. The van der Waals surface area contributed by atoms with E-state index in [1.807, 2.05) is 40.8 Å². The Labute approximate surface area is 230 Å². The third kappa shape index (κ3) is 3.46. The molecule has 1 aromatic rings. The first-order valence-electron chi connectivity index (χ1n) is 14.1. The molecule has 1 spiro atoms. The van der Waals surface area contributed by atoms with Gasteiger partial charge < -0.3 is 24.4 Å². The molecule has 2 saturated carbocycles. The average molecular weight is 542 g/mol. The highest BCUT2D eigenvalue weighted by Crippen LogP contribution is 2.73. The van der Waals surface area contributed by atoms with Crippen molar-refractivity contribution in [3.05, 3.63) is 35.1 Å². The molecule has 9 atom stereocenters. The van der Waals surface area contributed by atoms with E-state index in [4.69, 9.17) is 14.2 Å². The molecule has 0 aromatic carbocycles. The Morgan fingerprint density at radius 3 is 2.59 bits per heavy atom. The van der Waals surface area contributed by atoms with Crippen molar-refractivity contribution in [2.75, 3.05) is 18.6 Å². The van der Waals surface area contributed by atoms with Crippen LogP contribution in [0.5, 0.6) is 0 Å². The van der Waals surface area contributed by atoms with Crippen LogP contribution in [0.2, 0.25) is 0 Å². The molecule has 214 valence electrons. The van der Waals surface area contributed by atoms with E-state index in [0.717, 1.165) is 17.7 Å². The molecule has 39 heavy (non-hydrogen) atoms. The summed E-state index contributed by atoms with van der Waals surface area (Å²) < 4.78 is 20.5. The molecule has 3 fully saturated rings. The second kappa shape index (κ2) is 8.18. The predicted molar refractivity (Wildman–Crippen MR) is 145 cm³/mol. The fourth-order valence-corrected chi connectivity index (χ4v) is 8.59. The van der Waals surface area contributed by atoms with Crippen molar-refractivity contribution >= 4 is 11.9 Å².